The van der Waals surface area contributed by atoms with Crippen LogP contribution in [0.4, 0.5) is 0 Å². The molecular formula is C12H24O3Si. The van der Waals surface area contributed by atoms with Crippen LogP contribution in [-0.4, -0.2) is 27.0 Å². The van der Waals surface area contributed by atoms with Crippen LogP contribution in [0.1, 0.15) is 34.1 Å². The second kappa shape index (κ2) is 4.49. The Morgan fingerprint density at radius 3 is 2.38 bits per heavy atom. The highest BCUT2D eigenvalue weighted by molar-refractivity contribution is 6.74. The zero-order chi connectivity index (χ0) is 12.6. The standard InChI is InChI=1S/C12H24O3Si/c1-9-7-11(13)15-10(9)8-14-16(5,6)12(2,3)4/h9-10H,7-8H2,1-6H3/t9-,10+/m1/s1. The fourth-order valence-corrected chi connectivity index (χ4v) is 2.45. The van der Waals surface area contributed by atoms with Gasteiger partial charge in [0.25, 0.3) is 0 Å². The highest BCUT2D eigenvalue weighted by atomic mass is 28.4. The fourth-order valence-electron chi connectivity index (χ4n) is 1.43. The van der Waals surface area contributed by atoms with Crippen LogP contribution in [0, 0.1) is 5.92 Å². The number of carbonyl (C=O) groups is 1. The van der Waals surface area contributed by atoms with Crippen molar-refractivity contribution in [2.24, 2.45) is 5.92 Å². The van der Waals surface area contributed by atoms with Crippen LogP contribution >= 0.6 is 0 Å². The average molecular weight is 244 g/mol. The van der Waals surface area contributed by atoms with E-state index in [-0.39, 0.29) is 23.0 Å². The summed E-state index contributed by atoms with van der Waals surface area (Å²) in [5.41, 5.74) is 0. The van der Waals surface area contributed by atoms with E-state index in [1.165, 1.54) is 0 Å². The lowest BCUT2D eigenvalue weighted by Crippen LogP contribution is -2.43. The third-order valence-corrected chi connectivity index (χ3v) is 8.32. The van der Waals surface area contributed by atoms with E-state index in [0.29, 0.717) is 13.0 Å². The van der Waals surface area contributed by atoms with E-state index >= 15 is 0 Å². The predicted molar refractivity (Wildman–Crippen MR) is 66.8 cm³/mol. The molecule has 4 heteroatoms. The van der Waals surface area contributed by atoms with E-state index in [9.17, 15) is 4.79 Å². The largest absolute Gasteiger partial charge is 0.460 e. The average Bonchev–Trinajstić information content (AvgIpc) is 2.39. The summed E-state index contributed by atoms with van der Waals surface area (Å²) in [6.07, 6.45) is 0.493. The normalized spacial score (nSPS) is 27.0. The molecule has 0 bridgehead atoms. The maximum Gasteiger partial charge on any atom is 0.306 e. The lowest BCUT2D eigenvalue weighted by Gasteiger charge is -2.37. The Labute approximate surface area is 99.6 Å². The molecule has 1 aliphatic rings. The van der Waals surface area contributed by atoms with Gasteiger partial charge in [0.15, 0.2) is 8.32 Å². The maximum absolute atomic E-state index is 11.1. The van der Waals surface area contributed by atoms with Gasteiger partial charge in [-0.3, -0.25) is 4.79 Å². The Bertz CT molecular complexity index is 268. The first-order valence-electron chi connectivity index (χ1n) is 5.97. The molecule has 2 atom stereocenters. The maximum atomic E-state index is 11.1. The number of carbonyl (C=O) groups excluding carboxylic acids is 1. The highest BCUT2D eigenvalue weighted by Gasteiger charge is 2.39. The monoisotopic (exact) mass is 244 g/mol. The van der Waals surface area contributed by atoms with Gasteiger partial charge in [-0.15, -0.1) is 0 Å². The van der Waals surface area contributed by atoms with Crippen molar-refractivity contribution in [2.45, 2.75) is 58.4 Å². The van der Waals surface area contributed by atoms with E-state index in [0.717, 1.165) is 0 Å². The number of ether oxygens (including phenoxy) is 1. The van der Waals surface area contributed by atoms with Gasteiger partial charge in [0, 0.05) is 5.92 Å². The van der Waals surface area contributed by atoms with E-state index in [4.69, 9.17) is 9.16 Å². The van der Waals surface area contributed by atoms with Crippen LogP contribution in [0.25, 0.3) is 0 Å². The molecular weight excluding hydrogens is 220 g/mol. The molecule has 16 heavy (non-hydrogen) atoms. The molecule has 94 valence electrons. The number of cyclic esters (lactones) is 1. The molecule has 0 amide bonds. The van der Waals surface area contributed by atoms with Gasteiger partial charge in [-0.1, -0.05) is 27.7 Å². The van der Waals surface area contributed by atoms with Crippen LogP contribution < -0.4 is 0 Å². The van der Waals surface area contributed by atoms with Crippen LogP contribution in [0.15, 0.2) is 0 Å². The van der Waals surface area contributed by atoms with Gasteiger partial charge < -0.3 is 9.16 Å². The zero-order valence-electron chi connectivity index (χ0n) is 11.3. The second-order valence-corrected chi connectivity index (χ2v) is 11.1. The molecule has 0 aromatic heterocycles. The minimum Gasteiger partial charge on any atom is -0.460 e. The Balaban J connectivity index is 2.49. The Morgan fingerprint density at radius 1 is 1.44 bits per heavy atom. The molecule has 0 spiro atoms. The Kier molecular flexibility index (Phi) is 3.85. The summed E-state index contributed by atoms with van der Waals surface area (Å²) in [5, 5.41) is 0.207. The van der Waals surface area contributed by atoms with Crippen molar-refractivity contribution in [1.29, 1.82) is 0 Å². The topological polar surface area (TPSA) is 35.5 Å². The van der Waals surface area contributed by atoms with Gasteiger partial charge >= 0.3 is 5.97 Å². The van der Waals surface area contributed by atoms with Crippen molar-refractivity contribution in [3.63, 3.8) is 0 Å². The first-order chi connectivity index (χ1) is 7.13. The van der Waals surface area contributed by atoms with Gasteiger partial charge in [0.1, 0.15) is 6.10 Å². The molecule has 1 heterocycles. The summed E-state index contributed by atoms with van der Waals surface area (Å²) in [6.45, 7) is 13.7. The second-order valence-electron chi connectivity index (χ2n) is 6.28. The SMILES string of the molecule is C[C@@H]1CC(=O)O[C@H]1CO[Si](C)(C)C(C)(C)C. The zero-order valence-corrected chi connectivity index (χ0v) is 12.3. The molecule has 0 aromatic carbocycles. The first kappa shape index (κ1) is 13.7. The van der Waals surface area contributed by atoms with Crippen LogP contribution in [0.2, 0.25) is 18.1 Å². The van der Waals surface area contributed by atoms with E-state index in [1.54, 1.807) is 0 Å². The number of hydrogen-bond acceptors (Lipinski definition) is 3. The van der Waals surface area contributed by atoms with Gasteiger partial charge in [0.2, 0.25) is 0 Å². The van der Waals surface area contributed by atoms with Gasteiger partial charge in [0.05, 0.1) is 13.0 Å². The van der Waals surface area contributed by atoms with Gasteiger partial charge in [-0.2, -0.15) is 0 Å². The molecule has 1 fully saturated rings. The number of hydrogen-bond donors (Lipinski definition) is 0. The minimum absolute atomic E-state index is 0.0402. The van der Waals surface area contributed by atoms with Crippen LogP contribution in [0.3, 0.4) is 0 Å². The van der Waals surface area contributed by atoms with Crippen molar-refractivity contribution in [3.8, 4) is 0 Å². The fraction of sp³-hybridized carbons (Fsp3) is 0.917. The Hall–Kier alpha value is -0.353. The third kappa shape index (κ3) is 3.07. The summed E-state index contributed by atoms with van der Waals surface area (Å²) < 4.78 is 11.3. The molecule has 1 rings (SSSR count). The lowest BCUT2D eigenvalue weighted by atomic mass is 10.1. The predicted octanol–water partition coefficient (Wildman–Crippen LogP) is 2.96. The Morgan fingerprint density at radius 2 is 2.00 bits per heavy atom. The third-order valence-electron chi connectivity index (χ3n) is 3.82. The van der Waals surface area contributed by atoms with E-state index < -0.39 is 8.32 Å². The molecule has 0 N–H and O–H groups in total. The van der Waals surface area contributed by atoms with Crippen LogP contribution in [-0.2, 0) is 14.0 Å². The molecule has 1 aliphatic heterocycles. The highest BCUT2D eigenvalue weighted by Crippen LogP contribution is 2.37. The summed E-state index contributed by atoms with van der Waals surface area (Å²) in [4.78, 5) is 11.1. The molecule has 0 aliphatic carbocycles. The summed E-state index contributed by atoms with van der Waals surface area (Å²) in [5.74, 6) is 0.202. The van der Waals surface area contributed by atoms with Crippen molar-refractivity contribution < 1.29 is 14.0 Å². The molecule has 1 saturated heterocycles. The summed E-state index contributed by atoms with van der Waals surface area (Å²) in [7, 11) is -1.72. The smallest absolute Gasteiger partial charge is 0.306 e. The molecule has 0 unspecified atom stereocenters. The van der Waals surface area contributed by atoms with Crippen molar-refractivity contribution in [1.82, 2.24) is 0 Å². The first-order valence-corrected chi connectivity index (χ1v) is 8.88. The van der Waals surface area contributed by atoms with Crippen molar-refractivity contribution >= 4 is 14.3 Å². The summed E-state index contributed by atoms with van der Waals surface area (Å²) in [6, 6.07) is 0. The number of esters is 1. The van der Waals surface area contributed by atoms with E-state index in [1.807, 2.05) is 6.92 Å². The molecule has 3 nitrogen and oxygen atoms in total. The quantitative estimate of drug-likeness (QED) is 0.565. The summed E-state index contributed by atoms with van der Waals surface area (Å²) >= 11 is 0. The lowest BCUT2D eigenvalue weighted by molar-refractivity contribution is -0.142. The molecule has 0 saturated carbocycles. The molecule has 0 radical (unpaired) electrons. The van der Waals surface area contributed by atoms with Gasteiger partial charge in [-0.05, 0) is 18.1 Å². The number of rotatable bonds is 3. The van der Waals surface area contributed by atoms with Crippen LogP contribution in [0.5, 0.6) is 0 Å². The van der Waals surface area contributed by atoms with Crippen molar-refractivity contribution in [2.75, 3.05) is 6.61 Å². The van der Waals surface area contributed by atoms with E-state index in [2.05, 4.69) is 33.9 Å². The minimum atomic E-state index is -1.72. The van der Waals surface area contributed by atoms with Gasteiger partial charge in [-0.25, -0.2) is 0 Å². The molecule has 0 aromatic rings. The van der Waals surface area contributed by atoms with Crippen molar-refractivity contribution in [3.05, 3.63) is 0 Å².